The van der Waals surface area contributed by atoms with Crippen molar-refractivity contribution in [2.24, 2.45) is 0 Å². The molecule has 1 N–H and O–H groups in total. The van der Waals surface area contributed by atoms with Gasteiger partial charge in [0.25, 0.3) is 0 Å². The van der Waals surface area contributed by atoms with Crippen LogP contribution in [-0.4, -0.2) is 37.8 Å². The van der Waals surface area contributed by atoms with Crippen LogP contribution < -0.4 is 4.74 Å². The number of benzene rings is 1. The van der Waals surface area contributed by atoms with E-state index in [4.69, 9.17) is 19.3 Å². The van der Waals surface area contributed by atoms with Crippen molar-refractivity contribution in [3.05, 3.63) is 29.8 Å². The molecule has 17 heavy (non-hydrogen) atoms. The average molecular weight is 238 g/mol. The van der Waals surface area contributed by atoms with Crippen LogP contribution in [0.25, 0.3) is 0 Å². The third-order valence-corrected chi connectivity index (χ3v) is 2.80. The zero-order chi connectivity index (χ0) is 12.1. The smallest absolute Gasteiger partial charge is 0.162 e. The molecule has 4 heteroatoms. The minimum absolute atomic E-state index is 0.0237. The highest BCUT2D eigenvalue weighted by atomic mass is 16.7. The van der Waals surface area contributed by atoms with E-state index in [0.717, 1.165) is 11.3 Å². The van der Waals surface area contributed by atoms with Gasteiger partial charge < -0.3 is 19.3 Å². The van der Waals surface area contributed by atoms with E-state index in [0.29, 0.717) is 19.4 Å². The summed E-state index contributed by atoms with van der Waals surface area (Å²) in [6.07, 6.45) is 1.16. The largest absolute Gasteiger partial charge is 0.497 e. The molecular formula is C13H18O4. The van der Waals surface area contributed by atoms with Crippen LogP contribution in [0.1, 0.15) is 12.0 Å². The highest BCUT2D eigenvalue weighted by molar-refractivity contribution is 5.28. The SMILES string of the molecule is COc1cccc(CC2OCC(CCO)O2)c1. The van der Waals surface area contributed by atoms with Gasteiger partial charge in [-0.3, -0.25) is 0 Å². The molecule has 1 aromatic rings. The molecule has 1 aromatic carbocycles. The Bertz CT molecular complexity index is 353. The standard InChI is InChI=1S/C13H18O4/c1-15-11-4-2-3-10(7-11)8-13-16-9-12(17-13)5-6-14/h2-4,7,12-14H,5-6,8-9H2,1H3. The molecule has 1 aliphatic rings. The Morgan fingerprint density at radius 3 is 3.12 bits per heavy atom. The molecule has 0 saturated carbocycles. The van der Waals surface area contributed by atoms with Crippen molar-refractivity contribution in [2.45, 2.75) is 25.2 Å². The Labute approximate surface area is 101 Å². The van der Waals surface area contributed by atoms with E-state index in [1.54, 1.807) is 7.11 Å². The lowest BCUT2D eigenvalue weighted by Crippen LogP contribution is -2.15. The fraction of sp³-hybridized carbons (Fsp3) is 0.538. The molecule has 1 saturated heterocycles. The first-order valence-electron chi connectivity index (χ1n) is 5.82. The summed E-state index contributed by atoms with van der Waals surface area (Å²) in [5.74, 6) is 0.840. The summed E-state index contributed by atoms with van der Waals surface area (Å²) < 4.78 is 16.3. The molecule has 0 aliphatic carbocycles. The highest BCUT2D eigenvalue weighted by Crippen LogP contribution is 2.20. The number of ether oxygens (including phenoxy) is 3. The van der Waals surface area contributed by atoms with Crippen LogP contribution in [0.3, 0.4) is 0 Å². The fourth-order valence-corrected chi connectivity index (χ4v) is 1.90. The molecule has 4 nitrogen and oxygen atoms in total. The minimum Gasteiger partial charge on any atom is -0.497 e. The number of hydrogen-bond donors (Lipinski definition) is 1. The number of methoxy groups -OCH3 is 1. The van der Waals surface area contributed by atoms with Gasteiger partial charge >= 0.3 is 0 Å². The lowest BCUT2D eigenvalue weighted by Gasteiger charge is -2.11. The molecule has 1 fully saturated rings. The van der Waals surface area contributed by atoms with E-state index in [1.165, 1.54) is 0 Å². The molecule has 0 aromatic heterocycles. The summed E-state index contributed by atoms with van der Waals surface area (Å²) in [7, 11) is 1.65. The van der Waals surface area contributed by atoms with Gasteiger partial charge in [0, 0.05) is 13.0 Å². The van der Waals surface area contributed by atoms with Crippen molar-refractivity contribution < 1.29 is 19.3 Å². The molecule has 0 amide bonds. The van der Waals surface area contributed by atoms with Crippen molar-refractivity contribution in [3.8, 4) is 5.75 Å². The van der Waals surface area contributed by atoms with Gasteiger partial charge in [0.1, 0.15) is 5.75 Å². The van der Waals surface area contributed by atoms with E-state index in [9.17, 15) is 0 Å². The van der Waals surface area contributed by atoms with E-state index in [1.807, 2.05) is 24.3 Å². The zero-order valence-electron chi connectivity index (χ0n) is 9.96. The lowest BCUT2D eigenvalue weighted by molar-refractivity contribution is -0.0583. The predicted molar refractivity (Wildman–Crippen MR) is 63.0 cm³/mol. The number of aliphatic hydroxyl groups excluding tert-OH is 1. The summed E-state index contributed by atoms with van der Waals surface area (Å²) in [6.45, 7) is 0.703. The molecule has 1 aliphatic heterocycles. The molecule has 0 spiro atoms. The normalized spacial score (nSPS) is 23.9. The molecule has 1 heterocycles. The second-order valence-corrected chi connectivity index (χ2v) is 4.09. The first kappa shape index (κ1) is 12.4. The summed E-state index contributed by atoms with van der Waals surface area (Å²) >= 11 is 0. The molecule has 0 radical (unpaired) electrons. The van der Waals surface area contributed by atoms with Gasteiger partial charge in [0.2, 0.25) is 0 Å². The molecule has 2 rings (SSSR count). The molecular weight excluding hydrogens is 220 g/mol. The first-order valence-corrected chi connectivity index (χ1v) is 5.82. The quantitative estimate of drug-likeness (QED) is 0.841. The maximum atomic E-state index is 8.82. The maximum absolute atomic E-state index is 8.82. The minimum atomic E-state index is -0.210. The number of hydrogen-bond acceptors (Lipinski definition) is 4. The van der Waals surface area contributed by atoms with E-state index in [2.05, 4.69) is 0 Å². The zero-order valence-corrected chi connectivity index (χ0v) is 9.96. The van der Waals surface area contributed by atoms with Crippen LogP contribution in [0.5, 0.6) is 5.75 Å². The van der Waals surface area contributed by atoms with Crippen molar-refractivity contribution in [1.29, 1.82) is 0 Å². The lowest BCUT2D eigenvalue weighted by atomic mass is 10.1. The summed E-state index contributed by atoms with van der Waals surface area (Å²) in [4.78, 5) is 0. The van der Waals surface area contributed by atoms with Crippen LogP contribution in [-0.2, 0) is 15.9 Å². The molecule has 2 unspecified atom stereocenters. The Hall–Kier alpha value is -1.10. The summed E-state index contributed by atoms with van der Waals surface area (Å²) in [6, 6.07) is 7.86. The van der Waals surface area contributed by atoms with Crippen molar-refractivity contribution in [2.75, 3.05) is 20.3 Å². The Kier molecular flexibility index (Phi) is 4.36. The topological polar surface area (TPSA) is 47.9 Å². The Balaban J connectivity index is 1.88. The monoisotopic (exact) mass is 238 g/mol. The maximum Gasteiger partial charge on any atom is 0.162 e. The Morgan fingerprint density at radius 1 is 1.47 bits per heavy atom. The molecule has 2 atom stereocenters. The van der Waals surface area contributed by atoms with E-state index in [-0.39, 0.29) is 19.0 Å². The third kappa shape index (κ3) is 3.43. The molecule has 94 valence electrons. The molecule has 0 bridgehead atoms. The van der Waals surface area contributed by atoms with Crippen LogP contribution in [0.15, 0.2) is 24.3 Å². The second-order valence-electron chi connectivity index (χ2n) is 4.09. The van der Waals surface area contributed by atoms with Gasteiger partial charge in [-0.1, -0.05) is 12.1 Å². The summed E-state index contributed by atoms with van der Waals surface area (Å²) in [5, 5.41) is 8.82. The average Bonchev–Trinajstić information content (AvgIpc) is 2.77. The van der Waals surface area contributed by atoms with Crippen molar-refractivity contribution in [3.63, 3.8) is 0 Å². The van der Waals surface area contributed by atoms with Gasteiger partial charge in [-0.25, -0.2) is 0 Å². The van der Waals surface area contributed by atoms with E-state index >= 15 is 0 Å². The Morgan fingerprint density at radius 2 is 2.35 bits per heavy atom. The number of rotatable bonds is 5. The second kappa shape index (κ2) is 6.00. The highest BCUT2D eigenvalue weighted by Gasteiger charge is 2.25. The van der Waals surface area contributed by atoms with Crippen LogP contribution in [0.2, 0.25) is 0 Å². The predicted octanol–water partition coefficient (Wildman–Crippen LogP) is 1.36. The van der Waals surface area contributed by atoms with Gasteiger partial charge in [0.15, 0.2) is 6.29 Å². The first-order chi connectivity index (χ1) is 8.31. The summed E-state index contributed by atoms with van der Waals surface area (Å²) in [5.41, 5.74) is 1.12. The van der Waals surface area contributed by atoms with Gasteiger partial charge in [0.05, 0.1) is 19.8 Å². The van der Waals surface area contributed by atoms with Crippen LogP contribution in [0, 0.1) is 0 Å². The van der Waals surface area contributed by atoms with Crippen molar-refractivity contribution >= 4 is 0 Å². The van der Waals surface area contributed by atoms with Crippen LogP contribution >= 0.6 is 0 Å². The van der Waals surface area contributed by atoms with Gasteiger partial charge in [-0.2, -0.15) is 0 Å². The van der Waals surface area contributed by atoms with E-state index < -0.39 is 0 Å². The van der Waals surface area contributed by atoms with Gasteiger partial charge in [-0.05, 0) is 24.1 Å². The van der Waals surface area contributed by atoms with Crippen molar-refractivity contribution in [1.82, 2.24) is 0 Å². The van der Waals surface area contributed by atoms with Gasteiger partial charge in [-0.15, -0.1) is 0 Å². The van der Waals surface area contributed by atoms with Crippen LogP contribution in [0.4, 0.5) is 0 Å². The fourth-order valence-electron chi connectivity index (χ4n) is 1.90. The third-order valence-electron chi connectivity index (χ3n) is 2.80. The number of aliphatic hydroxyl groups is 1.